The predicted octanol–water partition coefficient (Wildman–Crippen LogP) is 3.54. The number of nitrogens with one attached hydrogen (secondary N) is 2. The first-order valence-electron chi connectivity index (χ1n) is 11.4. The number of piperidine rings is 1. The van der Waals surface area contributed by atoms with E-state index < -0.39 is 0 Å². The van der Waals surface area contributed by atoms with Gasteiger partial charge in [0, 0.05) is 37.6 Å². The fraction of sp³-hybridized carbons (Fsp3) is 0.500. The van der Waals surface area contributed by atoms with Crippen LogP contribution in [0.4, 0.5) is 5.82 Å². The molecule has 2 atom stereocenters. The van der Waals surface area contributed by atoms with Crippen LogP contribution >= 0.6 is 0 Å². The normalized spacial score (nSPS) is 25.7. The minimum absolute atomic E-state index is 0.274. The van der Waals surface area contributed by atoms with Crippen molar-refractivity contribution in [3.8, 4) is 0 Å². The van der Waals surface area contributed by atoms with Crippen molar-refractivity contribution in [3.63, 3.8) is 0 Å². The first-order valence-corrected chi connectivity index (χ1v) is 11.4. The molecule has 2 saturated heterocycles. The van der Waals surface area contributed by atoms with Crippen LogP contribution in [-0.4, -0.2) is 39.5 Å². The fourth-order valence-corrected chi connectivity index (χ4v) is 5.33. The smallest absolute Gasteiger partial charge is 0.138 e. The van der Waals surface area contributed by atoms with Crippen molar-refractivity contribution in [1.29, 1.82) is 0 Å². The maximum atomic E-state index is 5.03. The second-order valence-electron chi connectivity index (χ2n) is 9.31. The minimum atomic E-state index is 0.274. The van der Waals surface area contributed by atoms with Gasteiger partial charge >= 0.3 is 0 Å². The van der Waals surface area contributed by atoms with Gasteiger partial charge in [-0.3, -0.25) is 9.38 Å². The zero-order valence-electron chi connectivity index (χ0n) is 17.6. The molecule has 2 aliphatic heterocycles. The largest absolute Gasteiger partial charge is 0.355 e. The van der Waals surface area contributed by atoms with Gasteiger partial charge in [-0.15, -0.1) is 0 Å². The van der Waals surface area contributed by atoms with E-state index in [9.17, 15) is 0 Å². The van der Waals surface area contributed by atoms with Crippen molar-refractivity contribution in [2.45, 2.75) is 56.7 Å². The van der Waals surface area contributed by atoms with Gasteiger partial charge in [-0.05, 0) is 62.8 Å². The molecule has 1 spiro atoms. The number of imidazole rings is 1. The molecule has 1 aliphatic carbocycles. The van der Waals surface area contributed by atoms with E-state index in [0.717, 1.165) is 43.8 Å². The van der Waals surface area contributed by atoms with Gasteiger partial charge in [0.1, 0.15) is 11.5 Å². The lowest BCUT2D eigenvalue weighted by Gasteiger charge is -2.35. The standard InChI is InChI=1S/C24H30N6/c1-17-5-4-12-25-23(17)19-7-2-6-18(27-19)20-15-30-21(28-20)8-3-9-22(30)29-14-13-26-24(16-29)10-11-24/h3-5,8-9,12,15,18-19,26-27H,2,6-7,10-11,13-14,16H2,1H3. The summed E-state index contributed by atoms with van der Waals surface area (Å²) in [5.74, 6) is 1.27. The van der Waals surface area contributed by atoms with E-state index in [1.165, 1.54) is 36.3 Å². The molecule has 3 aliphatic rings. The molecule has 3 aromatic rings. The van der Waals surface area contributed by atoms with Gasteiger partial charge in [-0.2, -0.15) is 0 Å². The number of fused-ring (bicyclic) bond motifs is 1. The van der Waals surface area contributed by atoms with Crippen LogP contribution in [-0.2, 0) is 0 Å². The van der Waals surface area contributed by atoms with Crippen molar-refractivity contribution in [1.82, 2.24) is 25.0 Å². The van der Waals surface area contributed by atoms with Crippen LogP contribution in [0.5, 0.6) is 0 Å². The van der Waals surface area contributed by atoms with E-state index in [2.05, 4.69) is 62.3 Å². The second-order valence-corrected chi connectivity index (χ2v) is 9.31. The number of aromatic nitrogens is 3. The Balaban J connectivity index is 1.29. The minimum Gasteiger partial charge on any atom is -0.355 e. The van der Waals surface area contributed by atoms with Gasteiger partial charge in [-0.1, -0.05) is 12.1 Å². The number of nitrogens with zero attached hydrogens (tertiary/aromatic N) is 4. The van der Waals surface area contributed by atoms with Crippen molar-refractivity contribution < 1.29 is 0 Å². The molecule has 0 aromatic carbocycles. The summed E-state index contributed by atoms with van der Waals surface area (Å²) in [7, 11) is 0. The molecule has 1 saturated carbocycles. The highest BCUT2D eigenvalue weighted by molar-refractivity contribution is 5.54. The molecule has 6 rings (SSSR count). The van der Waals surface area contributed by atoms with Gasteiger partial charge < -0.3 is 15.5 Å². The van der Waals surface area contributed by atoms with Gasteiger partial charge in [0.15, 0.2) is 0 Å². The maximum absolute atomic E-state index is 5.03. The van der Waals surface area contributed by atoms with Crippen LogP contribution in [0, 0.1) is 6.92 Å². The van der Waals surface area contributed by atoms with Crippen LogP contribution < -0.4 is 15.5 Å². The second kappa shape index (κ2) is 7.06. The zero-order valence-corrected chi connectivity index (χ0v) is 17.6. The summed E-state index contributed by atoms with van der Waals surface area (Å²) in [6.07, 6.45) is 10.2. The molecule has 30 heavy (non-hydrogen) atoms. The zero-order chi connectivity index (χ0) is 20.1. The molecular formula is C24H30N6. The quantitative estimate of drug-likeness (QED) is 0.702. The lowest BCUT2D eigenvalue weighted by molar-refractivity contribution is 0.321. The summed E-state index contributed by atoms with van der Waals surface area (Å²) in [5.41, 5.74) is 5.01. The Morgan fingerprint density at radius 2 is 2.00 bits per heavy atom. The van der Waals surface area contributed by atoms with E-state index >= 15 is 0 Å². The summed E-state index contributed by atoms with van der Waals surface area (Å²) >= 11 is 0. The first-order chi connectivity index (χ1) is 14.7. The van der Waals surface area contributed by atoms with Crippen LogP contribution in [0.15, 0.2) is 42.7 Å². The number of anilines is 1. The highest BCUT2D eigenvalue weighted by Gasteiger charge is 2.45. The molecule has 156 valence electrons. The Bertz CT molecular complexity index is 1070. The molecule has 5 heterocycles. The van der Waals surface area contributed by atoms with Crippen LogP contribution in [0.25, 0.3) is 5.65 Å². The Morgan fingerprint density at radius 3 is 2.87 bits per heavy atom. The van der Waals surface area contributed by atoms with Crippen LogP contribution in [0.3, 0.4) is 0 Å². The van der Waals surface area contributed by atoms with E-state index in [4.69, 9.17) is 4.98 Å². The van der Waals surface area contributed by atoms with Gasteiger partial charge in [0.2, 0.25) is 0 Å². The number of hydrogen-bond acceptors (Lipinski definition) is 5. The molecule has 2 unspecified atom stereocenters. The number of aryl methyl sites for hydroxylation is 1. The first kappa shape index (κ1) is 18.3. The van der Waals surface area contributed by atoms with Crippen LogP contribution in [0.1, 0.15) is 61.1 Å². The molecule has 6 heteroatoms. The molecule has 0 radical (unpaired) electrons. The third-order valence-electron chi connectivity index (χ3n) is 7.17. The SMILES string of the molecule is Cc1cccnc1C1CCCC(c2cn3c(N4CCNC5(CC5)C4)cccc3n2)N1. The number of piperazine rings is 1. The van der Waals surface area contributed by atoms with Crippen molar-refractivity contribution in [2.75, 3.05) is 24.5 Å². The summed E-state index contributed by atoms with van der Waals surface area (Å²) in [4.78, 5) is 12.2. The molecule has 0 bridgehead atoms. The van der Waals surface area contributed by atoms with Crippen molar-refractivity contribution in [2.24, 2.45) is 0 Å². The Hall–Kier alpha value is -2.44. The fourth-order valence-electron chi connectivity index (χ4n) is 5.33. The Labute approximate surface area is 177 Å². The monoisotopic (exact) mass is 402 g/mol. The highest BCUT2D eigenvalue weighted by Crippen LogP contribution is 2.39. The number of hydrogen-bond donors (Lipinski definition) is 2. The summed E-state index contributed by atoms with van der Waals surface area (Å²) in [6, 6.07) is 11.3. The van der Waals surface area contributed by atoms with Crippen molar-refractivity contribution in [3.05, 3.63) is 59.7 Å². The van der Waals surface area contributed by atoms with Crippen molar-refractivity contribution >= 4 is 11.5 Å². The molecule has 6 nitrogen and oxygen atoms in total. The van der Waals surface area contributed by atoms with Gasteiger partial charge in [0.25, 0.3) is 0 Å². The lowest BCUT2D eigenvalue weighted by atomic mass is 9.93. The highest BCUT2D eigenvalue weighted by atomic mass is 15.3. The average molecular weight is 403 g/mol. The predicted molar refractivity (Wildman–Crippen MR) is 119 cm³/mol. The topological polar surface area (TPSA) is 57.5 Å². The van der Waals surface area contributed by atoms with Gasteiger partial charge in [-0.25, -0.2) is 4.98 Å². The van der Waals surface area contributed by atoms with Crippen LogP contribution in [0.2, 0.25) is 0 Å². The molecular weight excluding hydrogens is 372 g/mol. The third-order valence-corrected chi connectivity index (χ3v) is 7.17. The Kier molecular flexibility index (Phi) is 4.32. The summed E-state index contributed by atoms with van der Waals surface area (Å²) in [6.45, 7) is 5.37. The van der Waals surface area contributed by atoms with E-state index in [1.807, 2.05) is 12.3 Å². The average Bonchev–Trinajstić information content (AvgIpc) is 3.36. The molecule has 2 N–H and O–H groups in total. The number of pyridine rings is 2. The van der Waals surface area contributed by atoms with E-state index in [-0.39, 0.29) is 6.04 Å². The third kappa shape index (κ3) is 3.19. The molecule has 0 amide bonds. The van der Waals surface area contributed by atoms with E-state index in [1.54, 1.807) is 0 Å². The molecule has 3 fully saturated rings. The van der Waals surface area contributed by atoms with E-state index in [0.29, 0.717) is 11.6 Å². The maximum Gasteiger partial charge on any atom is 0.138 e. The van der Waals surface area contributed by atoms with Gasteiger partial charge in [0.05, 0.1) is 23.5 Å². The summed E-state index contributed by atoms with van der Waals surface area (Å²) < 4.78 is 2.30. The number of rotatable bonds is 3. The Morgan fingerprint density at radius 1 is 1.10 bits per heavy atom. The molecule has 3 aromatic heterocycles. The summed E-state index contributed by atoms with van der Waals surface area (Å²) in [5, 5.41) is 7.56. The lowest BCUT2D eigenvalue weighted by Crippen LogP contribution is -2.53.